The zero-order chi connectivity index (χ0) is 10.0. The standard InChI is InChI=1S/C11H18O3/c1-13-11(5-7-14-8-6-11)10(12)9-3-2-4-9/h9H,2-8H2,1H3. The van der Waals surface area contributed by atoms with Crippen molar-refractivity contribution in [2.24, 2.45) is 5.92 Å². The lowest BCUT2D eigenvalue weighted by Crippen LogP contribution is -2.49. The van der Waals surface area contributed by atoms with Gasteiger partial charge in [0.25, 0.3) is 0 Å². The molecule has 1 aliphatic carbocycles. The van der Waals surface area contributed by atoms with Crippen molar-refractivity contribution in [2.75, 3.05) is 20.3 Å². The van der Waals surface area contributed by atoms with Gasteiger partial charge in [-0.25, -0.2) is 0 Å². The lowest BCUT2D eigenvalue weighted by atomic mass is 9.73. The SMILES string of the molecule is COC1(C(=O)C2CCC2)CCOCC1. The highest BCUT2D eigenvalue weighted by molar-refractivity contribution is 5.90. The lowest BCUT2D eigenvalue weighted by molar-refractivity contribution is -0.159. The number of ketones is 1. The smallest absolute Gasteiger partial charge is 0.167 e. The van der Waals surface area contributed by atoms with E-state index in [9.17, 15) is 4.79 Å². The molecule has 14 heavy (non-hydrogen) atoms. The van der Waals surface area contributed by atoms with Crippen molar-refractivity contribution in [2.45, 2.75) is 37.7 Å². The van der Waals surface area contributed by atoms with Gasteiger partial charge in [-0.15, -0.1) is 0 Å². The van der Waals surface area contributed by atoms with Gasteiger partial charge in [-0.1, -0.05) is 6.42 Å². The van der Waals surface area contributed by atoms with Gasteiger partial charge in [0.15, 0.2) is 5.78 Å². The van der Waals surface area contributed by atoms with Crippen LogP contribution in [0.1, 0.15) is 32.1 Å². The molecule has 80 valence electrons. The van der Waals surface area contributed by atoms with Crippen molar-refractivity contribution in [3.05, 3.63) is 0 Å². The number of rotatable bonds is 3. The van der Waals surface area contributed by atoms with Crippen LogP contribution in [0.15, 0.2) is 0 Å². The monoisotopic (exact) mass is 198 g/mol. The van der Waals surface area contributed by atoms with Crippen LogP contribution in [0.2, 0.25) is 0 Å². The third-order valence-electron chi connectivity index (χ3n) is 3.62. The first-order chi connectivity index (χ1) is 6.78. The fourth-order valence-corrected chi connectivity index (χ4v) is 2.29. The highest BCUT2D eigenvalue weighted by Crippen LogP contribution is 2.36. The molecule has 0 spiro atoms. The van der Waals surface area contributed by atoms with Gasteiger partial charge in [0.05, 0.1) is 0 Å². The molecule has 1 aliphatic heterocycles. The molecule has 0 bridgehead atoms. The summed E-state index contributed by atoms with van der Waals surface area (Å²) in [6.07, 6.45) is 4.79. The van der Waals surface area contributed by atoms with Crippen molar-refractivity contribution in [1.82, 2.24) is 0 Å². The van der Waals surface area contributed by atoms with Gasteiger partial charge in [0.2, 0.25) is 0 Å². The second-order valence-electron chi connectivity index (χ2n) is 4.30. The van der Waals surface area contributed by atoms with Crippen LogP contribution in [-0.4, -0.2) is 31.7 Å². The van der Waals surface area contributed by atoms with Crippen LogP contribution in [0.5, 0.6) is 0 Å². The second kappa shape index (κ2) is 3.99. The molecule has 2 aliphatic rings. The van der Waals surface area contributed by atoms with Gasteiger partial charge >= 0.3 is 0 Å². The molecule has 0 N–H and O–H groups in total. The summed E-state index contributed by atoms with van der Waals surface area (Å²) in [5.74, 6) is 0.600. The third kappa shape index (κ3) is 1.59. The predicted molar refractivity (Wildman–Crippen MR) is 52.1 cm³/mol. The molecule has 1 saturated heterocycles. The first-order valence-corrected chi connectivity index (χ1v) is 5.46. The summed E-state index contributed by atoms with van der Waals surface area (Å²) in [6.45, 7) is 1.32. The fraction of sp³-hybridized carbons (Fsp3) is 0.909. The minimum absolute atomic E-state index is 0.271. The maximum Gasteiger partial charge on any atom is 0.167 e. The van der Waals surface area contributed by atoms with E-state index in [1.807, 2.05) is 0 Å². The quantitative estimate of drug-likeness (QED) is 0.690. The van der Waals surface area contributed by atoms with Crippen molar-refractivity contribution >= 4 is 5.78 Å². The zero-order valence-electron chi connectivity index (χ0n) is 8.75. The molecule has 0 amide bonds. The first-order valence-electron chi connectivity index (χ1n) is 5.46. The van der Waals surface area contributed by atoms with Crippen LogP contribution >= 0.6 is 0 Å². The number of carbonyl (C=O) groups excluding carboxylic acids is 1. The molecule has 1 heterocycles. The largest absolute Gasteiger partial charge is 0.381 e. The van der Waals surface area contributed by atoms with E-state index in [1.54, 1.807) is 7.11 Å². The highest BCUT2D eigenvalue weighted by atomic mass is 16.5. The van der Waals surface area contributed by atoms with Crippen LogP contribution in [0.3, 0.4) is 0 Å². The Hall–Kier alpha value is -0.410. The number of ether oxygens (including phenoxy) is 2. The summed E-state index contributed by atoms with van der Waals surface area (Å²) in [4.78, 5) is 12.2. The molecule has 0 radical (unpaired) electrons. The molecule has 2 fully saturated rings. The van der Waals surface area contributed by atoms with E-state index >= 15 is 0 Å². The van der Waals surface area contributed by atoms with Gasteiger partial charge in [-0.05, 0) is 12.8 Å². The Kier molecular flexibility index (Phi) is 2.88. The lowest BCUT2D eigenvalue weighted by Gasteiger charge is -2.39. The van der Waals surface area contributed by atoms with Gasteiger partial charge in [0, 0.05) is 39.1 Å². The molecule has 0 aromatic carbocycles. The van der Waals surface area contributed by atoms with E-state index in [-0.39, 0.29) is 5.92 Å². The Bertz CT molecular complexity index is 215. The van der Waals surface area contributed by atoms with Crippen molar-refractivity contribution < 1.29 is 14.3 Å². The highest BCUT2D eigenvalue weighted by Gasteiger charge is 2.44. The molecule has 0 unspecified atom stereocenters. The Morgan fingerprint density at radius 3 is 2.43 bits per heavy atom. The maximum absolute atomic E-state index is 12.2. The summed E-state index contributed by atoms with van der Waals surface area (Å²) in [6, 6.07) is 0. The average Bonchev–Trinajstić information content (AvgIpc) is 2.16. The third-order valence-corrected chi connectivity index (χ3v) is 3.62. The first kappa shape index (κ1) is 10.1. The average molecular weight is 198 g/mol. The molecule has 0 aromatic rings. The fourth-order valence-electron chi connectivity index (χ4n) is 2.29. The molecule has 1 saturated carbocycles. The molecule has 3 heteroatoms. The topological polar surface area (TPSA) is 35.5 Å². The summed E-state index contributed by atoms with van der Waals surface area (Å²) in [7, 11) is 1.65. The summed E-state index contributed by atoms with van der Waals surface area (Å²) < 4.78 is 10.7. The van der Waals surface area contributed by atoms with Crippen molar-refractivity contribution in [3.63, 3.8) is 0 Å². The van der Waals surface area contributed by atoms with Gasteiger partial charge in [-0.2, -0.15) is 0 Å². The Morgan fingerprint density at radius 2 is 2.00 bits per heavy atom. The molecule has 3 nitrogen and oxygen atoms in total. The zero-order valence-corrected chi connectivity index (χ0v) is 8.75. The number of carbonyl (C=O) groups is 1. The van der Waals surface area contributed by atoms with Crippen LogP contribution in [0, 0.1) is 5.92 Å². The second-order valence-corrected chi connectivity index (χ2v) is 4.30. The minimum Gasteiger partial charge on any atom is -0.381 e. The summed E-state index contributed by atoms with van der Waals surface area (Å²) in [5.41, 5.74) is -0.511. The van der Waals surface area contributed by atoms with E-state index < -0.39 is 5.60 Å². The number of hydrogen-bond donors (Lipinski definition) is 0. The van der Waals surface area contributed by atoms with E-state index in [0.717, 1.165) is 25.7 Å². The van der Waals surface area contributed by atoms with Crippen LogP contribution < -0.4 is 0 Å². The van der Waals surface area contributed by atoms with Crippen molar-refractivity contribution in [1.29, 1.82) is 0 Å². The van der Waals surface area contributed by atoms with Gasteiger partial charge < -0.3 is 9.47 Å². The molecule has 0 aromatic heterocycles. The van der Waals surface area contributed by atoms with E-state index in [4.69, 9.17) is 9.47 Å². The van der Waals surface area contributed by atoms with E-state index in [2.05, 4.69) is 0 Å². The summed E-state index contributed by atoms with van der Waals surface area (Å²) >= 11 is 0. The summed E-state index contributed by atoms with van der Waals surface area (Å²) in [5, 5.41) is 0. The Labute approximate surface area is 84.8 Å². The number of Topliss-reactive ketones (excluding diaryl/α,β-unsaturated/α-hetero) is 1. The number of methoxy groups -OCH3 is 1. The minimum atomic E-state index is -0.511. The van der Waals surface area contributed by atoms with Crippen molar-refractivity contribution in [3.8, 4) is 0 Å². The van der Waals surface area contributed by atoms with E-state index in [1.165, 1.54) is 6.42 Å². The Balaban J connectivity index is 2.05. The normalized spacial score (nSPS) is 26.9. The van der Waals surface area contributed by atoms with Crippen LogP contribution in [0.25, 0.3) is 0 Å². The maximum atomic E-state index is 12.2. The van der Waals surface area contributed by atoms with Crippen LogP contribution in [0.4, 0.5) is 0 Å². The number of hydrogen-bond acceptors (Lipinski definition) is 3. The van der Waals surface area contributed by atoms with Gasteiger partial charge in [-0.3, -0.25) is 4.79 Å². The van der Waals surface area contributed by atoms with E-state index in [0.29, 0.717) is 19.0 Å². The van der Waals surface area contributed by atoms with Crippen LogP contribution in [-0.2, 0) is 14.3 Å². The molecular formula is C11H18O3. The van der Waals surface area contributed by atoms with Gasteiger partial charge in [0.1, 0.15) is 5.60 Å². The Morgan fingerprint density at radius 1 is 1.36 bits per heavy atom. The molecule has 0 atom stereocenters. The predicted octanol–water partition coefficient (Wildman–Crippen LogP) is 1.55. The molecular weight excluding hydrogens is 180 g/mol. The molecule has 2 rings (SSSR count).